The lowest BCUT2D eigenvalue weighted by molar-refractivity contribution is 0.0529. The van der Waals surface area contributed by atoms with E-state index in [1.165, 1.54) is 18.9 Å². The lowest BCUT2D eigenvalue weighted by atomic mass is 9.93. The first-order chi connectivity index (χ1) is 16.2. The fraction of sp³-hybridized carbons (Fsp3) is 0.542. The molecule has 2 aromatic rings. The molecule has 34 heavy (non-hydrogen) atoms. The molecule has 1 N–H and O–H groups in total. The van der Waals surface area contributed by atoms with E-state index in [2.05, 4.69) is 20.2 Å². The van der Waals surface area contributed by atoms with Crippen molar-refractivity contribution in [2.45, 2.75) is 43.7 Å². The zero-order valence-electron chi connectivity index (χ0n) is 19.7. The minimum atomic E-state index is -3.50. The van der Waals surface area contributed by atoms with Gasteiger partial charge in [0.1, 0.15) is 17.5 Å². The van der Waals surface area contributed by atoms with Gasteiger partial charge < -0.3 is 19.9 Å². The van der Waals surface area contributed by atoms with Crippen molar-refractivity contribution in [3.63, 3.8) is 0 Å². The van der Waals surface area contributed by atoms with Gasteiger partial charge in [0.2, 0.25) is 0 Å². The van der Waals surface area contributed by atoms with Gasteiger partial charge in [-0.25, -0.2) is 18.4 Å². The minimum Gasteiger partial charge on any atom is -0.375 e. The Morgan fingerprint density at radius 1 is 1.06 bits per heavy atom. The quantitative estimate of drug-likeness (QED) is 0.689. The molecule has 2 aliphatic heterocycles. The highest BCUT2D eigenvalue weighted by molar-refractivity contribution is 7.90. The van der Waals surface area contributed by atoms with Crippen LogP contribution in [-0.2, 0) is 14.6 Å². The molecule has 4 heterocycles. The molecule has 3 fully saturated rings. The minimum absolute atomic E-state index is 0.0210. The van der Waals surface area contributed by atoms with E-state index >= 15 is 0 Å². The van der Waals surface area contributed by atoms with E-state index in [0.717, 1.165) is 51.1 Å². The summed E-state index contributed by atoms with van der Waals surface area (Å²) in [6.07, 6.45) is 5.86. The van der Waals surface area contributed by atoms with Crippen molar-refractivity contribution >= 4 is 33.2 Å². The molecule has 3 aliphatic rings. The Labute approximate surface area is 200 Å². The number of sulfone groups is 1. The summed E-state index contributed by atoms with van der Waals surface area (Å²) in [5, 5.41) is 2.87. The Morgan fingerprint density at radius 3 is 2.50 bits per heavy atom. The van der Waals surface area contributed by atoms with Gasteiger partial charge in [-0.15, -0.1) is 0 Å². The van der Waals surface area contributed by atoms with Gasteiger partial charge in [0.25, 0.3) is 5.91 Å². The predicted molar refractivity (Wildman–Crippen MR) is 130 cm³/mol. The molecule has 1 aliphatic carbocycles. The van der Waals surface area contributed by atoms with Crippen LogP contribution in [0.15, 0.2) is 35.4 Å². The SMILES string of the molecule is CC1CN(c2cccc(NC(=O)c3ccc(S(C)(=O)=O)nc3N3CCC4(CC3)CC4)n2)CCO1. The van der Waals surface area contributed by atoms with Crippen LogP contribution in [0.25, 0.3) is 0 Å². The first kappa shape index (κ1) is 23.0. The molecule has 10 heteroatoms. The summed E-state index contributed by atoms with van der Waals surface area (Å²) in [7, 11) is -3.50. The van der Waals surface area contributed by atoms with Crippen LogP contribution in [0, 0.1) is 5.41 Å². The molecule has 1 spiro atoms. The number of carbonyl (C=O) groups is 1. The van der Waals surface area contributed by atoms with Gasteiger partial charge in [0.15, 0.2) is 14.9 Å². The molecule has 5 rings (SSSR count). The molecule has 1 atom stereocenters. The van der Waals surface area contributed by atoms with Crippen molar-refractivity contribution in [1.29, 1.82) is 0 Å². The molecule has 1 amide bonds. The second kappa shape index (κ2) is 8.81. The summed E-state index contributed by atoms with van der Waals surface area (Å²) in [6, 6.07) is 8.50. The van der Waals surface area contributed by atoms with E-state index in [4.69, 9.17) is 4.74 Å². The summed E-state index contributed by atoms with van der Waals surface area (Å²) in [6.45, 7) is 5.68. The number of carbonyl (C=O) groups excluding carboxylic acids is 1. The van der Waals surface area contributed by atoms with Gasteiger partial charge in [-0.3, -0.25) is 4.79 Å². The number of hydrogen-bond donors (Lipinski definition) is 1. The van der Waals surface area contributed by atoms with Crippen LogP contribution in [0.5, 0.6) is 0 Å². The summed E-state index contributed by atoms with van der Waals surface area (Å²) in [5.74, 6) is 1.29. The maximum Gasteiger partial charge on any atom is 0.260 e. The zero-order chi connectivity index (χ0) is 23.9. The van der Waals surface area contributed by atoms with E-state index < -0.39 is 9.84 Å². The highest BCUT2D eigenvalue weighted by Gasteiger charge is 2.45. The number of nitrogens with zero attached hydrogens (tertiary/aromatic N) is 4. The number of amides is 1. The molecule has 1 saturated carbocycles. The lowest BCUT2D eigenvalue weighted by Gasteiger charge is -2.34. The van der Waals surface area contributed by atoms with Crippen molar-refractivity contribution in [2.24, 2.45) is 5.41 Å². The molecule has 9 nitrogen and oxygen atoms in total. The fourth-order valence-corrected chi connectivity index (χ4v) is 5.37. The molecule has 1 unspecified atom stereocenters. The van der Waals surface area contributed by atoms with E-state index in [9.17, 15) is 13.2 Å². The van der Waals surface area contributed by atoms with E-state index in [1.807, 2.05) is 24.0 Å². The second-order valence-electron chi connectivity index (χ2n) is 9.74. The van der Waals surface area contributed by atoms with Crippen molar-refractivity contribution in [1.82, 2.24) is 9.97 Å². The van der Waals surface area contributed by atoms with Crippen molar-refractivity contribution in [3.05, 3.63) is 35.9 Å². The monoisotopic (exact) mass is 485 g/mol. The molecule has 0 bridgehead atoms. The molecule has 0 aromatic carbocycles. The smallest absolute Gasteiger partial charge is 0.260 e. The molecular weight excluding hydrogens is 454 g/mol. The Hall–Kier alpha value is -2.72. The van der Waals surface area contributed by atoms with Gasteiger partial charge in [-0.05, 0) is 62.3 Å². The van der Waals surface area contributed by atoms with Crippen molar-refractivity contribution in [2.75, 3.05) is 54.2 Å². The standard InChI is InChI=1S/C24H31N5O4S/c1-17-16-29(14-15-33-17)20-5-3-4-19(25-20)26-23(30)18-6-7-21(34(2,31)32)27-22(18)28-12-10-24(8-9-24)11-13-28/h3-7,17H,8-16H2,1-2H3,(H,25,26,30). The third-order valence-corrected chi connectivity index (χ3v) is 8.08. The van der Waals surface area contributed by atoms with Crippen LogP contribution in [0.2, 0.25) is 0 Å². The Kier molecular flexibility index (Phi) is 5.97. The molecule has 2 saturated heterocycles. The van der Waals surface area contributed by atoms with Crippen LogP contribution in [0.1, 0.15) is 43.0 Å². The van der Waals surface area contributed by atoms with Crippen LogP contribution < -0.4 is 15.1 Å². The number of rotatable bonds is 5. The molecule has 182 valence electrons. The van der Waals surface area contributed by atoms with E-state index in [1.54, 1.807) is 12.1 Å². The average molecular weight is 486 g/mol. The third-order valence-electron chi connectivity index (χ3n) is 7.10. The highest BCUT2D eigenvalue weighted by atomic mass is 32.2. The van der Waals surface area contributed by atoms with Crippen LogP contribution in [0.4, 0.5) is 17.5 Å². The summed E-state index contributed by atoms with van der Waals surface area (Å²) < 4.78 is 29.9. The number of ether oxygens (including phenoxy) is 1. The number of aromatic nitrogens is 2. The van der Waals surface area contributed by atoms with Crippen LogP contribution in [0.3, 0.4) is 0 Å². The maximum absolute atomic E-state index is 13.3. The van der Waals surface area contributed by atoms with Gasteiger partial charge >= 0.3 is 0 Å². The summed E-state index contributed by atoms with van der Waals surface area (Å²) in [4.78, 5) is 26.6. The summed E-state index contributed by atoms with van der Waals surface area (Å²) in [5.41, 5.74) is 0.806. The van der Waals surface area contributed by atoms with Crippen molar-refractivity contribution < 1.29 is 17.9 Å². The number of hydrogen-bond acceptors (Lipinski definition) is 8. The zero-order valence-corrected chi connectivity index (χ0v) is 20.5. The maximum atomic E-state index is 13.3. The van der Waals surface area contributed by atoms with Crippen molar-refractivity contribution in [3.8, 4) is 0 Å². The average Bonchev–Trinajstić information content (AvgIpc) is 3.57. The number of piperidine rings is 1. The number of morpholine rings is 1. The molecule has 0 radical (unpaired) electrons. The number of pyridine rings is 2. The lowest BCUT2D eigenvalue weighted by Crippen LogP contribution is -2.41. The van der Waals surface area contributed by atoms with E-state index in [-0.39, 0.29) is 17.0 Å². The Morgan fingerprint density at radius 2 is 1.82 bits per heavy atom. The van der Waals surface area contributed by atoms with Crippen LogP contribution in [-0.4, -0.2) is 69.4 Å². The largest absolute Gasteiger partial charge is 0.375 e. The molecule has 2 aromatic heterocycles. The van der Waals surface area contributed by atoms with Crippen LogP contribution >= 0.6 is 0 Å². The Bertz CT molecular complexity index is 1190. The second-order valence-corrected chi connectivity index (χ2v) is 11.7. The van der Waals surface area contributed by atoms with Gasteiger partial charge in [0, 0.05) is 32.4 Å². The summed E-state index contributed by atoms with van der Waals surface area (Å²) >= 11 is 0. The highest BCUT2D eigenvalue weighted by Crippen LogP contribution is 2.54. The van der Waals surface area contributed by atoms with E-state index in [0.29, 0.717) is 29.2 Å². The Balaban J connectivity index is 1.39. The number of anilines is 3. The van der Waals surface area contributed by atoms with Gasteiger partial charge in [0.05, 0.1) is 18.3 Å². The topological polar surface area (TPSA) is 105 Å². The van der Waals surface area contributed by atoms with Gasteiger partial charge in [-0.2, -0.15) is 0 Å². The first-order valence-electron chi connectivity index (χ1n) is 11.8. The first-order valence-corrected chi connectivity index (χ1v) is 13.7. The molecular formula is C24H31N5O4S. The third kappa shape index (κ3) is 4.88. The predicted octanol–water partition coefficient (Wildman–Crippen LogP) is 2.74. The van der Waals surface area contributed by atoms with Gasteiger partial charge in [-0.1, -0.05) is 6.07 Å². The number of nitrogens with one attached hydrogen (secondary N) is 1. The fourth-order valence-electron chi connectivity index (χ4n) is 4.80. The normalized spacial score (nSPS) is 22.0.